The minimum absolute atomic E-state index is 0.519. The van der Waals surface area contributed by atoms with Crippen molar-refractivity contribution in [1.29, 1.82) is 0 Å². The van der Waals surface area contributed by atoms with Gasteiger partial charge >= 0.3 is 0 Å². The fourth-order valence-corrected chi connectivity index (χ4v) is 2.92. The summed E-state index contributed by atoms with van der Waals surface area (Å²) in [6.07, 6.45) is 0.814. The Labute approximate surface area is 126 Å². The van der Waals surface area contributed by atoms with Crippen molar-refractivity contribution >= 4 is 27.0 Å². The van der Waals surface area contributed by atoms with E-state index in [2.05, 4.69) is 45.7 Å². The van der Waals surface area contributed by atoms with Crippen molar-refractivity contribution in [2.24, 2.45) is 12.8 Å². The molecule has 1 heterocycles. The maximum absolute atomic E-state index is 5.79. The standard InChI is InChI=1S/C16H16BrN3/c1-20-14-7-3-5-12(10-18)16(14)19-15(20)9-11-4-2-6-13(17)8-11/h2-8H,9-10,18H2,1H3. The second-order valence-corrected chi connectivity index (χ2v) is 5.80. The highest BCUT2D eigenvalue weighted by atomic mass is 79.9. The molecule has 0 aliphatic carbocycles. The van der Waals surface area contributed by atoms with Crippen LogP contribution in [0, 0.1) is 0 Å². The van der Waals surface area contributed by atoms with Crippen LogP contribution in [0.15, 0.2) is 46.9 Å². The first kappa shape index (κ1) is 13.3. The number of hydrogen-bond acceptors (Lipinski definition) is 2. The molecule has 4 heteroatoms. The number of fused-ring (bicyclic) bond motifs is 1. The van der Waals surface area contributed by atoms with Crippen molar-refractivity contribution in [3.05, 3.63) is 63.9 Å². The zero-order valence-corrected chi connectivity index (χ0v) is 12.9. The summed E-state index contributed by atoms with van der Waals surface area (Å²) in [5.41, 5.74) is 10.3. The summed E-state index contributed by atoms with van der Waals surface area (Å²) in [5.74, 6) is 1.05. The van der Waals surface area contributed by atoms with Gasteiger partial charge in [-0.15, -0.1) is 0 Å². The molecule has 0 amide bonds. The largest absolute Gasteiger partial charge is 0.331 e. The molecule has 0 aliphatic rings. The molecule has 1 aromatic heterocycles. The number of benzene rings is 2. The number of imidazole rings is 1. The fourth-order valence-electron chi connectivity index (χ4n) is 2.47. The number of aryl methyl sites for hydroxylation is 1. The highest BCUT2D eigenvalue weighted by Crippen LogP contribution is 2.21. The Morgan fingerprint density at radius 2 is 2.00 bits per heavy atom. The Morgan fingerprint density at radius 1 is 1.20 bits per heavy atom. The molecule has 3 aromatic rings. The predicted molar refractivity (Wildman–Crippen MR) is 85.6 cm³/mol. The van der Waals surface area contributed by atoms with Gasteiger partial charge in [0.2, 0.25) is 0 Å². The van der Waals surface area contributed by atoms with E-state index in [0.717, 1.165) is 33.3 Å². The summed E-state index contributed by atoms with van der Waals surface area (Å²) < 4.78 is 3.24. The smallest absolute Gasteiger partial charge is 0.114 e. The van der Waals surface area contributed by atoms with E-state index in [9.17, 15) is 0 Å². The van der Waals surface area contributed by atoms with E-state index in [0.29, 0.717) is 6.54 Å². The Morgan fingerprint density at radius 3 is 2.75 bits per heavy atom. The molecule has 0 saturated heterocycles. The van der Waals surface area contributed by atoms with Gasteiger partial charge in [-0.25, -0.2) is 4.98 Å². The average Bonchev–Trinajstić information content (AvgIpc) is 2.76. The minimum atomic E-state index is 0.519. The van der Waals surface area contributed by atoms with Crippen LogP contribution in [0.3, 0.4) is 0 Å². The maximum atomic E-state index is 5.79. The number of halogens is 1. The predicted octanol–water partition coefficient (Wildman–Crippen LogP) is 3.39. The van der Waals surface area contributed by atoms with Crippen LogP contribution in [0.25, 0.3) is 11.0 Å². The van der Waals surface area contributed by atoms with Crippen molar-refractivity contribution < 1.29 is 0 Å². The van der Waals surface area contributed by atoms with E-state index in [-0.39, 0.29) is 0 Å². The fraction of sp³-hybridized carbons (Fsp3) is 0.188. The molecule has 0 radical (unpaired) electrons. The molecule has 3 rings (SSSR count). The van der Waals surface area contributed by atoms with Gasteiger partial charge in [-0.05, 0) is 29.3 Å². The molecule has 0 bridgehead atoms. The van der Waals surface area contributed by atoms with Gasteiger partial charge in [0, 0.05) is 24.5 Å². The van der Waals surface area contributed by atoms with Crippen LogP contribution in [0.1, 0.15) is 17.0 Å². The second kappa shape index (κ2) is 5.38. The zero-order valence-electron chi connectivity index (χ0n) is 11.3. The lowest BCUT2D eigenvalue weighted by atomic mass is 10.1. The highest BCUT2D eigenvalue weighted by Gasteiger charge is 2.10. The molecule has 0 unspecified atom stereocenters. The van der Waals surface area contributed by atoms with E-state index in [1.807, 2.05) is 24.3 Å². The molecular formula is C16H16BrN3. The Hall–Kier alpha value is -1.65. The van der Waals surface area contributed by atoms with Crippen molar-refractivity contribution in [3.63, 3.8) is 0 Å². The summed E-state index contributed by atoms with van der Waals surface area (Å²) in [7, 11) is 2.06. The van der Waals surface area contributed by atoms with Crippen LogP contribution in [0.4, 0.5) is 0 Å². The Balaban J connectivity index is 2.06. The first-order chi connectivity index (χ1) is 9.69. The van der Waals surface area contributed by atoms with Gasteiger partial charge in [-0.3, -0.25) is 0 Å². The molecule has 0 aliphatic heterocycles. The molecule has 0 saturated carbocycles. The lowest BCUT2D eigenvalue weighted by Crippen LogP contribution is -1.98. The van der Waals surface area contributed by atoms with Crippen molar-refractivity contribution in [2.75, 3.05) is 0 Å². The van der Waals surface area contributed by atoms with Gasteiger partial charge in [0.25, 0.3) is 0 Å². The van der Waals surface area contributed by atoms with Gasteiger partial charge in [0.15, 0.2) is 0 Å². The molecule has 102 valence electrons. The van der Waals surface area contributed by atoms with E-state index >= 15 is 0 Å². The molecular weight excluding hydrogens is 314 g/mol. The Bertz CT molecular complexity index is 762. The number of rotatable bonds is 3. The number of para-hydroxylation sites is 1. The van der Waals surface area contributed by atoms with Crippen LogP contribution in [0.2, 0.25) is 0 Å². The number of aromatic nitrogens is 2. The second-order valence-electron chi connectivity index (χ2n) is 4.88. The molecule has 0 atom stereocenters. The number of hydrogen-bond donors (Lipinski definition) is 1. The van der Waals surface area contributed by atoms with Gasteiger partial charge in [0.1, 0.15) is 5.82 Å². The number of nitrogens with zero attached hydrogens (tertiary/aromatic N) is 2. The summed E-state index contributed by atoms with van der Waals surface area (Å²) >= 11 is 3.51. The van der Waals surface area contributed by atoms with Crippen LogP contribution < -0.4 is 5.73 Å². The van der Waals surface area contributed by atoms with Gasteiger partial charge < -0.3 is 10.3 Å². The quantitative estimate of drug-likeness (QED) is 0.800. The van der Waals surface area contributed by atoms with Crippen LogP contribution in [-0.2, 0) is 20.0 Å². The topological polar surface area (TPSA) is 43.8 Å². The van der Waals surface area contributed by atoms with Crippen LogP contribution >= 0.6 is 15.9 Å². The van der Waals surface area contributed by atoms with Crippen molar-refractivity contribution in [2.45, 2.75) is 13.0 Å². The van der Waals surface area contributed by atoms with Gasteiger partial charge in [-0.1, -0.05) is 40.2 Å². The van der Waals surface area contributed by atoms with Gasteiger partial charge in [-0.2, -0.15) is 0 Å². The maximum Gasteiger partial charge on any atom is 0.114 e. The van der Waals surface area contributed by atoms with Gasteiger partial charge in [0.05, 0.1) is 11.0 Å². The molecule has 0 fully saturated rings. The Kier molecular flexibility index (Phi) is 3.59. The van der Waals surface area contributed by atoms with Crippen LogP contribution in [0.5, 0.6) is 0 Å². The third-order valence-corrected chi connectivity index (χ3v) is 4.05. The van der Waals surface area contributed by atoms with Crippen molar-refractivity contribution in [1.82, 2.24) is 9.55 Å². The van der Waals surface area contributed by atoms with E-state index in [1.165, 1.54) is 5.56 Å². The first-order valence-electron chi connectivity index (χ1n) is 6.56. The lowest BCUT2D eigenvalue weighted by molar-refractivity contribution is 0.844. The molecule has 3 nitrogen and oxygen atoms in total. The molecule has 20 heavy (non-hydrogen) atoms. The zero-order chi connectivity index (χ0) is 14.1. The average molecular weight is 330 g/mol. The normalized spacial score (nSPS) is 11.2. The molecule has 2 aromatic carbocycles. The summed E-state index contributed by atoms with van der Waals surface area (Å²) in [5, 5.41) is 0. The third-order valence-electron chi connectivity index (χ3n) is 3.56. The van der Waals surface area contributed by atoms with E-state index in [4.69, 9.17) is 10.7 Å². The van der Waals surface area contributed by atoms with E-state index in [1.54, 1.807) is 0 Å². The summed E-state index contributed by atoms with van der Waals surface area (Å²) in [4.78, 5) is 4.78. The third kappa shape index (κ3) is 2.37. The summed E-state index contributed by atoms with van der Waals surface area (Å²) in [6, 6.07) is 14.5. The first-order valence-corrected chi connectivity index (χ1v) is 7.36. The van der Waals surface area contributed by atoms with Crippen LogP contribution in [-0.4, -0.2) is 9.55 Å². The minimum Gasteiger partial charge on any atom is -0.331 e. The lowest BCUT2D eigenvalue weighted by Gasteiger charge is -2.03. The SMILES string of the molecule is Cn1c(Cc2cccc(Br)c2)nc2c(CN)cccc21. The van der Waals surface area contributed by atoms with Crippen molar-refractivity contribution in [3.8, 4) is 0 Å². The van der Waals surface area contributed by atoms with E-state index < -0.39 is 0 Å². The number of nitrogens with two attached hydrogens (primary N) is 1. The molecule has 2 N–H and O–H groups in total. The monoisotopic (exact) mass is 329 g/mol. The molecule has 0 spiro atoms. The highest BCUT2D eigenvalue weighted by molar-refractivity contribution is 9.10. The summed E-state index contributed by atoms with van der Waals surface area (Å²) in [6.45, 7) is 0.519.